The smallest absolute Gasteiger partial charge is 0.406 e. The number of alkyl halides is 3. The quantitative estimate of drug-likeness (QED) is 0.240. The number of cyclic esters (lactones) is 1. The number of methoxy groups -OCH3 is 1. The number of esters is 1. The van der Waals surface area contributed by atoms with Gasteiger partial charge in [-0.1, -0.05) is 44.2 Å². The molecule has 14 heteroatoms. The van der Waals surface area contributed by atoms with Crippen LogP contribution in [0.3, 0.4) is 0 Å². The third-order valence-electron chi connectivity index (χ3n) is 11.3. The minimum atomic E-state index is -4.55. The third-order valence-corrected chi connectivity index (χ3v) is 11.3. The number of pyridine rings is 1. The molecule has 3 aliphatic rings. The fraction of sp³-hybridized carbons (Fsp3) is 0.500. The fourth-order valence-corrected chi connectivity index (χ4v) is 8.19. The van der Waals surface area contributed by atoms with Crippen LogP contribution in [-0.4, -0.2) is 103 Å². The molecule has 3 aliphatic heterocycles. The van der Waals surface area contributed by atoms with Crippen LogP contribution in [0, 0.1) is 5.41 Å². The number of nitrogens with zero attached hydrogens (tertiary/aromatic N) is 5. The molecule has 7 rings (SSSR count). The van der Waals surface area contributed by atoms with E-state index < -0.39 is 42.3 Å². The van der Waals surface area contributed by atoms with Gasteiger partial charge >= 0.3 is 12.1 Å². The number of benzene rings is 2. The van der Waals surface area contributed by atoms with Gasteiger partial charge in [0.05, 0.1) is 42.0 Å². The number of rotatable bonds is 5. The lowest BCUT2D eigenvalue weighted by Gasteiger charge is -2.35. The van der Waals surface area contributed by atoms with Gasteiger partial charge in [-0.3, -0.25) is 19.6 Å². The number of carbonyl (C=O) groups excluding carboxylic acids is 2. The normalized spacial score (nSPS) is 21.9. The Morgan fingerprint density at radius 3 is 2.54 bits per heavy atom. The Labute approximate surface area is 325 Å². The molecular formula is C42H52F3N7O4. The molecule has 2 saturated heterocycles. The fourth-order valence-electron chi connectivity index (χ4n) is 8.19. The molecule has 3 N–H and O–H groups in total. The molecular weight excluding hydrogens is 724 g/mol. The molecule has 6 bridgehead atoms. The summed E-state index contributed by atoms with van der Waals surface area (Å²) in [4.78, 5) is 36.3. The summed E-state index contributed by atoms with van der Waals surface area (Å²) in [5.74, 6) is -0.812. The summed E-state index contributed by atoms with van der Waals surface area (Å²) in [6.07, 6.45) is -1.68. The van der Waals surface area contributed by atoms with Gasteiger partial charge in [0.1, 0.15) is 12.6 Å². The van der Waals surface area contributed by atoms with Crippen molar-refractivity contribution >= 4 is 28.5 Å². The van der Waals surface area contributed by atoms with Crippen LogP contribution in [0.5, 0.6) is 0 Å². The highest BCUT2D eigenvalue weighted by molar-refractivity contribution is 5.96. The van der Waals surface area contributed by atoms with Crippen molar-refractivity contribution in [3.63, 3.8) is 0 Å². The van der Waals surface area contributed by atoms with Crippen molar-refractivity contribution in [2.75, 3.05) is 58.4 Å². The van der Waals surface area contributed by atoms with Crippen molar-refractivity contribution < 1.29 is 32.2 Å². The zero-order valence-electron chi connectivity index (χ0n) is 32.8. The average Bonchev–Trinajstić information content (AvgIpc) is 3.45. The average molecular weight is 776 g/mol. The molecule has 56 heavy (non-hydrogen) atoms. The Morgan fingerprint density at radius 2 is 1.80 bits per heavy atom. The molecule has 2 aromatic carbocycles. The van der Waals surface area contributed by atoms with Crippen molar-refractivity contribution in [3.05, 3.63) is 71.5 Å². The largest absolute Gasteiger partial charge is 0.464 e. The van der Waals surface area contributed by atoms with E-state index in [0.29, 0.717) is 52.8 Å². The Kier molecular flexibility index (Phi) is 11.2. The van der Waals surface area contributed by atoms with Crippen LogP contribution in [-0.2, 0) is 38.4 Å². The van der Waals surface area contributed by atoms with Gasteiger partial charge in [-0.15, -0.1) is 0 Å². The standard InChI is InChI=1S/C42H52F3N7O4/c1-26(55-5)37-32(21-30(23-47-37)50-16-14-49(4)15-17-50)38-33-22-41(2,3)25-56-40(54)35-10-7-13-52(48-35)39(53)34(46)19-27-8-6-9-28(18-27)29-11-12-36(31(33)20-29)51(38)24-42(43,44)45/h6,8-9,11-12,18,20-21,23,26,34-35,48H,7,10,13-17,19,22,24-25,46H2,1-5H3/t26-,34-,35-/m0/s1. The predicted octanol–water partition coefficient (Wildman–Crippen LogP) is 5.88. The van der Waals surface area contributed by atoms with Crippen LogP contribution >= 0.6 is 0 Å². The van der Waals surface area contributed by atoms with Crippen LogP contribution in [0.25, 0.3) is 33.3 Å². The van der Waals surface area contributed by atoms with Crippen LogP contribution in [0.15, 0.2) is 54.7 Å². The third kappa shape index (κ3) is 8.43. The zero-order chi connectivity index (χ0) is 39.9. The summed E-state index contributed by atoms with van der Waals surface area (Å²) >= 11 is 0. The molecule has 1 amide bonds. The summed E-state index contributed by atoms with van der Waals surface area (Å²) in [7, 11) is 3.64. The number of aromatic nitrogens is 2. The van der Waals surface area contributed by atoms with E-state index in [9.17, 15) is 22.8 Å². The van der Waals surface area contributed by atoms with E-state index in [2.05, 4.69) is 22.3 Å². The second-order valence-electron chi connectivity index (χ2n) is 16.3. The number of anilines is 1. The Morgan fingerprint density at radius 1 is 1.05 bits per heavy atom. The molecule has 0 radical (unpaired) electrons. The van der Waals surface area contributed by atoms with E-state index in [1.165, 1.54) is 9.58 Å². The molecule has 4 aromatic rings. The van der Waals surface area contributed by atoms with E-state index in [0.717, 1.165) is 48.6 Å². The zero-order valence-corrected chi connectivity index (χ0v) is 32.8. The lowest BCUT2D eigenvalue weighted by Crippen LogP contribution is -2.59. The summed E-state index contributed by atoms with van der Waals surface area (Å²) in [5.41, 5.74) is 14.7. The number of halogens is 3. The molecule has 0 spiro atoms. The van der Waals surface area contributed by atoms with E-state index in [1.807, 2.05) is 63.2 Å². The van der Waals surface area contributed by atoms with Crippen molar-refractivity contribution in [1.82, 2.24) is 24.9 Å². The molecule has 2 fully saturated rings. The maximum Gasteiger partial charge on any atom is 0.406 e. The number of nitrogens with two attached hydrogens (primary N) is 1. The first-order chi connectivity index (χ1) is 26.6. The molecule has 0 unspecified atom stereocenters. The van der Waals surface area contributed by atoms with Crippen molar-refractivity contribution in [2.24, 2.45) is 11.1 Å². The first-order valence-corrected chi connectivity index (χ1v) is 19.4. The molecule has 0 saturated carbocycles. The number of ether oxygens (including phenoxy) is 2. The highest BCUT2D eigenvalue weighted by Crippen LogP contribution is 2.44. The lowest BCUT2D eigenvalue weighted by molar-refractivity contribution is -0.155. The Bertz CT molecular complexity index is 2090. The Hall–Kier alpha value is -4.50. The number of piperazine rings is 1. The number of amides is 1. The summed E-state index contributed by atoms with van der Waals surface area (Å²) < 4.78 is 57.5. The molecule has 2 aromatic heterocycles. The van der Waals surface area contributed by atoms with Gasteiger partial charge in [0, 0.05) is 61.7 Å². The first-order valence-electron chi connectivity index (χ1n) is 19.4. The van der Waals surface area contributed by atoms with Gasteiger partial charge in [-0.25, -0.2) is 5.43 Å². The SMILES string of the molecule is CO[C@@H](C)c1ncc(N2CCN(C)CC2)cc1-c1c2c3cc(ccc3n1CC(F)(F)F)-c1cccc(c1)C[C@H](N)C(=O)N1CCC[C@H](N1)C(=O)OCC(C)(C)C2. The van der Waals surface area contributed by atoms with E-state index in [1.54, 1.807) is 19.4 Å². The highest BCUT2D eigenvalue weighted by Gasteiger charge is 2.37. The predicted molar refractivity (Wildman–Crippen MR) is 210 cm³/mol. The summed E-state index contributed by atoms with van der Waals surface area (Å²) in [6, 6.07) is 13.6. The van der Waals surface area contributed by atoms with Gasteiger partial charge in [-0.2, -0.15) is 13.2 Å². The molecule has 0 aliphatic carbocycles. The summed E-state index contributed by atoms with van der Waals surface area (Å²) in [5, 5.41) is 2.09. The number of hydrogen-bond acceptors (Lipinski definition) is 9. The lowest BCUT2D eigenvalue weighted by atomic mass is 9.84. The minimum Gasteiger partial charge on any atom is -0.464 e. The van der Waals surface area contributed by atoms with Crippen LogP contribution in [0.2, 0.25) is 0 Å². The number of hydrogen-bond donors (Lipinski definition) is 2. The second-order valence-corrected chi connectivity index (χ2v) is 16.3. The Balaban J connectivity index is 1.46. The van der Waals surface area contributed by atoms with Gasteiger partial charge in [0.2, 0.25) is 0 Å². The minimum absolute atomic E-state index is 0.00842. The number of carbonyl (C=O) groups is 2. The van der Waals surface area contributed by atoms with Gasteiger partial charge in [-0.05, 0) is 80.1 Å². The molecule has 11 nitrogen and oxygen atoms in total. The van der Waals surface area contributed by atoms with Crippen LogP contribution in [0.1, 0.15) is 56.5 Å². The summed E-state index contributed by atoms with van der Waals surface area (Å²) in [6.45, 7) is 8.12. The van der Waals surface area contributed by atoms with E-state index in [4.69, 9.17) is 20.2 Å². The molecule has 3 atom stereocenters. The maximum absolute atomic E-state index is 14.8. The van der Waals surface area contributed by atoms with E-state index >= 15 is 0 Å². The van der Waals surface area contributed by atoms with Crippen LogP contribution in [0.4, 0.5) is 18.9 Å². The molecule has 5 heterocycles. The van der Waals surface area contributed by atoms with Crippen molar-refractivity contribution in [3.8, 4) is 22.4 Å². The second kappa shape index (κ2) is 15.8. The maximum atomic E-state index is 14.8. The van der Waals surface area contributed by atoms with Gasteiger partial charge in [0.25, 0.3) is 5.91 Å². The first kappa shape index (κ1) is 39.7. The number of likely N-dealkylation sites (N-methyl/N-ethyl adjacent to an activating group) is 1. The van der Waals surface area contributed by atoms with E-state index in [-0.39, 0.29) is 25.4 Å². The number of nitrogens with one attached hydrogen (secondary N) is 1. The number of hydrazine groups is 1. The van der Waals surface area contributed by atoms with Crippen LogP contribution < -0.4 is 16.1 Å². The molecule has 300 valence electrons. The van der Waals surface area contributed by atoms with Crippen molar-refractivity contribution in [2.45, 2.75) is 77.4 Å². The highest BCUT2D eigenvalue weighted by atomic mass is 19.4. The van der Waals surface area contributed by atoms with Gasteiger partial charge < -0.3 is 29.6 Å². The number of fused-ring (bicyclic) bond motifs is 6. The van der Waals surface area contributed by atoms with Crippen molar-refractivity contribution in [1.29, 1.82) is 0 Å². The van der Waals surface area contributed by atoms with Gasteiger partial charge in [0.15, 0.2) is 0 Å². The monoisotopic (exact) mass is 775 g/mol. The topological polar surface area (TPSA) is 118 Å².